The molecule has 2 aliphatic heterocycles. The Labute approximate surface area is 196 Å². The SMILES string of the molecule is Cc1ccccc1NC(=O)CN1C(=O)/C(=C2/SC(=S)N(CC(C)C)C2=O)c2ccccc21. The van der Waals surface area contributed by atoms with E-state index >= 15 is 0 Å². The van der Waals surface area contributed by atoms with Gasteiger partial charge in [-0.25, -0.2) is 0 Å². The number of hydrogen-bond donors (Lipinski definition) is 1. The minimum Gasteiger partial charge on any atom is -0.324 e. The third-order valence-corrected chi connectivity index (χ3v) is 6.72. The molecule has 2 heterocycles. The molecule has 2 aromatic rings. The number of rotatable bonds is 5. The summed E-state index contributed by atoms with van der Waals surface area (Å²) in [7, 11) is 0. The van der Waals surface area contributed by atoms with E-state index in [0.717, 1.165) is 17.3 Å². The van der Waals surface area contributed by atoms with E-state index < -0.39 is 0 Å². The molecule has 1 fully saturated rings. The first-order chi connectivity index (χ1) is 15.3. The normalized spacial score (nSPS) is 18.1. The Kier molecular flexibility index (Phi) is 6.17. The summed E-state index contributed by atoms with van der Waals surface area (Å²) in [6.07, 6.45) is 0. The van der Waals surface area contributed by atoms with Crippen LogP contribution in [0.3, 0.4) is 0 Å². The number of amides is 3. The van der Waals surface area contributed by atoms with Crippen LogP contribution < -0.4 is 10.2 Å². The molecular weight excluding hydrogens is 442 g/mol. The zero-order valence-corrected chi connectivity index (χ0v) is 19.7. The summed E-state index contributed by atoms with van der Waals surface area (Å²) in [5.41, 5.74) is 3.21. The van der Waals surface area contributed by atoms with Gasteiger partial charge in [-0.05, 0) is 30.5 Å². The van der Waals surface area contributed by atoms with Crippen molar-refractivity contribution >= 4 is 63.0 Å². The van der Waals surface area contributed by atoms with Gasteiger partial charge >= 0.3 is 0 Å². The highest BCUT2D eigenvalue weighted by Crippen LogP contribution is 2.44. The van der Waals surface area contributed by atoms with Crippen LogP contribution in [0.2, 0.25) is 0 Å². The third kappa shape index (κ3) is 4.08. The molecule has 8 heteroatoms. The van der Waals surface area contributed by atoms with Crippen molar-refractivity contribution in [2.75, 3.05) is 23.3 Å². The lowest BCUT2D eigenvalue weighted by Gasteiger charge is -2.17. The number of carbonyl (C=O) groups is 3. The van der Waals surface area contributed by atoms with Gasteiger partial charge in [0.2, 0.25) is 5.91 Å². The van der Waals surface area contributed by atoms with Gasteiger partial charge < -0.3 is 5.32 Å². The van der Waals surface area contributed by atoms with E-state index in [-0.39, 0.29) is 30.2 Å². The number of anilines is 2. The van der Waals surface area contributed by atoms with E-state index in [9.17, 15) is 14.4 Å². The van der Waals surface area contributed by atoms with E-state index in [1.807, 2.05) is 57.2 Å². The summed E-state index contributed by atoms with van der Waals surface area (Å²) < 4.78 is 0.451. The maximum Gasteiger partial charge on any atom is 0.267 e. The van der Waals surface area contributed by atoms with Gasteiger partial charge in [-0.1, -0.05) is 74.2 Å². The van der Waals surface area contributed by atoms with E-state index in [2.05, 4.69) is 5.32 Å². The Bertz CT molecular complexity index is 1170. The molecule has 6 nitrogen and oxygen atoms in total. The second kappa shape index (κ2) is 8.88. The van der Waals surface area contributed by atoms with Crippen molar-refractivity contribution in [2.45, 2.75) is 20.8 Å². The predicted octanol–water partition coefficient (Wildman–Crippen LogP) is 4.21. The number of thioether (sulfide) groups is 1. The first-order valence-corrected chi connectivity index (χ1v) is 11.5. The second-order valence-electron chi connectivity index (χ2n) is 8.15. The minimum atomic E-state index is -0.365. The molecule has 3 amide bonds. The zero-order chi connectivity index (χ0) is 23.0. The van der Waals surface area contributed by atoms with Crippen molar-refractivity contribution < 1.29 is 14.4 Å². The Balaban J connectivity index is 1.65. The van der Waals surface area contributed by atoms with Crippen LogP contribution in [-0.2, 0) is 14.4 Å². The topological polar surface area (TPSA) is 69.7 Å². The quantitative estimate of drug-likeness (QED) is 0.529. The van der Waals surface area contributed by atoms with Crippen LogP contribution in [0.15, 0.2) is 53.4 Å². The Hall–Kier alpha value is -2.97. The molecule has 2 aromatic carbocycles. The van der Waals surface area contributed by atoms with E-state index in [0.29, 0.717) is 38.3 Å². The smallest absolute Gasteiger partial charge is 0.267 e. The summed E-state index contributed by atoms with van der Waals surface area (Å²) in [4.78, 5) is 42.6. The third-order valence-electron chi connectivity index (χ3n) is 5.27. The lowest BCUT2D eigenvalue weighted by Crippen LogP contribution is -2.36. The fraction of sp³-hybridized carbons (Fsp3) is 0.250. The van der Waals surface area contributed by atoms with Crippen molar-refractivity contribution in [1.29, 1.82) is 0 Å². The molecule has 0 aliphatic carbocycles. The molecule has 1 N–H and O–H groups in total. The lowest BCUT2D eigenvalue weighted by molar-refractivity contribution is -0.122. The first-order valence-electron chi connectivity index (χ1n) is 10.3. The second-order valence-corrected chi connectivity index (χ2v) is 9.80. The Morgan fingerprint density at radius 2 is 1.72 bits per heavy atom. The van der Waals surface area contributed by atoms with Crippen LogP contribution in [0.5, 0.6) is 0 Å². The van der Waals surface area contributed by atoms with Gasteiger partial charge in [0.1, 0.15) is 10.9 Å². The van der Waals surface area contributed by atoms with Gasteiger partial charge in [0, 0.05) is 17.8 Å². The van der Waals surface area contributed by atoms with Gasteiger partial charge in [0.15, 0.2) is 0 Å². The molecule has 4 rings (SSSR count). The molecule has 0 radical (unpaired) electrons. The highest BCUT2D eigenvalue weighted by Gasteiger charge is 2.42. The number of benzene rings is 2. The van der Waals surface area contributed by atoms with Crippen LogP contribution in [0, 0.1) is 12.8 Å². The van der Waals surface area contributed by atoms with Crippen molar-refractivity contribution in [3.05, 3.63) is 64.6 Å². The molecule has 0 bridgehead atoms. The molecule has 0 saturated carbocycles. The summed E-state index contributed by atoms with van der Waals surface area (Å²) in [6.45, 7) is 6.27. The van der Waals surface area contributed by atoms with Crippen LogP contribution in [0.4, 0.5) is 11.4 Å². The molecule has 2 aliphatic rings. The average molecular weight is 466 g/mol. The predicted molar refractivity (Wildman–Crippen MR) is 132 cm³/mol. The fourth-order valence-electron chi connectivity index (χ4n) is 3.77. The summed E-state index contributed by atoms with van der Waals surface area (Å²) in [5.74, 6) is -0.680. The summed E-state index contributed by atoms with van der Waals surface area (Å²) in [5, 5.41) is 2.87. The van der Waals surface area contributed by atoms with Crippen molar-refractivity contribution in [3.8, 4) is 0 Å². The van der Waals surface area contributed by atoms with E-state index in [1.54, 1.807) is 17.0 Å². The molecule has 0 aromatic heterocycles. The molecule has 0 atom stereocenters. The number of aryl methyl sites for hydroxylation is 1. The number of carbonyl (C=O) groups excluding carboxylic acids is 3. The van der Waals surface area contributed by atoms with Gasteiger partial charge in [-0.2, -0.15) is 0 Å². The molecule has 0 unspecified atom stereocenters. The van der Waals surface area contributed by atoms with Crippen LogP contribution >= 0.6 is 24.0 Å². The van der Waals surface area contributed by atoms with Crippen molar-refractivity contribution in [2.24, 2.45) is 5.92 Å². The maximum absolute atomic E-state index is 13.4. The monoisotopic (exact) mass is 465 g/mol. The number of para-hydroxylation sites is 2. The summed E-state index contributed by atoms with van der Waals surface area (Å²) >= 11 is 6.57. The zero-order valence-electron chi connectivity index (χ0n) is 18.0. The van der Waals surface area contributed by atoms with E-state index in [4.69, 9.17) is 12.2 Å². The largest absolute Gasteiger partial charge is 0.324 e. The molecule has 0 spiro atoms. The van der Waals surface area contributed by atoms with Gasteiger partial charge in [-0.3, -0.25) is 24.2 Å². The average Bonchev–Trinajstić information content (AvgIpc) is 3.17. The highest BCUT2D eigenvalue weighted by molar-refractivity contribution is 8.26. The fourth-order valence-corrected chi connectivity index (χ4v) is 5.12. The van der Waals surface area contributed by atoms with E-state index in [1.165, 1.54) is 4.90 Å². The Morgan fingerprint density at radius 1 is 1.03 bits per heavy atom. The molecular formula is C24H23N3O3S2. The minimum absolute atomic E-state index is 0.153. The number of nitrogens with zero attached hydrogens (tertiary/aromatic N) is 2. The van der Waals surface area contributed by atoms with Crippen LogP contribution in [0.25, 0.3) is 5.57 Å². The Morgan fingerprint density at radius 3 is 2.44 bits per heavy atom. The highest BCUT2D eigenvalue weighted by atomic mass is 32.2. The van der Waals surface area contributed by atoms with Crippen molar-refractivity contribution in [3.63, 3.8) is 0 Å². The number of nitrogens with one attached hydrogen (secondary N) is 1. The lowest BCUT2D eigenvalue weighted by atomic mass is 10.1. The van der Waals surface area contributed by atoms with Crippen LogP contribution in [-0.4, -0.2) is 40.0 Å². The number of hydrogen-bond acceptors (Lipinski definition) is 5. The first kappa shape index (κ1) is 22.2. The molecule has 1 saturated heterocycles. The molecule has 32 heavy (non-hydrogen) atoms. The maximum atomic E-state index is 13.4. The van der Waals surface area contributed by atoms with Gasteiger partial charge in [0.05, 0.1) is 16.2 Å². The number of fused-ring (bicyclic) bond motifs is 1. The number of thiocarbonyl (C=S) groups is 1. The summed E-state index contributed by atoms with van der Waals surface area (Å²) in [6, 6.07) is 14.7. The standard InChI is InChI=1S/C24H23N3O3S2/c1-14(2)12-27-23(30)21(32-24(27)31)20-16-9-5-7-11-18(16)26(22(20)29)13-19(28)25-17-10-6-4-8-15(17)3/h4-11,14H,12-13H2,1-3H3,(H,25,28)/b21-20+. The molecule has 164 valence electrons. The van der Waals surface area contributed by atoms with Crippen LogP contribution in [0.1, 0.15) is 25.0 Å². The van der Waals surface area contributed by atoms with Gasteiger partial charge in [0.25, 0.3) is 11.8 Å². The van der Waals surface area contributed by atoms with Crippen molar-refractivity contribution in [1.82, 2.24) is 4.90 Å². The van der Waals surface area contributed by atoms with Gasteiger partial charge in [-0.15, -0.1) is 0 Å².